The van der Waals surface area contributed by atoms with E-state index in [9.17, 15) is 26.3 Å². The van der Waals surface area contributed by atoms with Gasteiger partial charge in [0.15, 0.2) is 0 Å². The Kier molecular flexibility index (Phi) is 4.95. The standard InChI is InChI=1S/C20H15F6N3O/c21-14-4-1-12(2-5-14)18-27-17(28-30-18)13-3-6-16(15(11-13)20(24,25)26)29-9-7-19(22,23)8-10-29/h1-6,11H,7-10H2. The van der Waals surface area contributed by atoms with E-state index < -0.39 is 36.3 Å². The summed E-state index contributed by atoms with van der Waals surface area (Å²) in [6, 6.07) is 8.69. The van der Waals surface area contributed by atoms with Crippen molar-refractivity contribution in [3.05, 3.63) is 53.8 Å². The molecule has 1 aromatic heterocycles. The van der Waals surface area contributed by atoms with Gasteiger partial charge in [-0.1, -0.05) is 5.16 Å². The number of benzene rings is 2. The van der Waals surface area contributed by atoms with Gasteiger partial charge in [-0.2, -0.15) is 18.2 Å². The molecule has 4 rings (SSSR count). The lowest BCUT2D eigenvalue weighted by molar-refractivity contribution is -0.137. The first kappa shape index (κ1) is 20.2. The second kappa shape index (κ2) is 7.33. The molecule has 30 heavy (non-hydrogen) atoms. The van der Waals surface area contributed by atoms with Crippen LogP contribution in [-0.4, -0.2) is 29.2 Å². The molecule has 2 aromatic carbocycles. The molecule has 0 radical (unpaired) electrons. The van der Waals surface area contributed by atoms with Crippen molar-refractivity contribution in [3.8, 4) is 22.8 Å². The Morgan fingerprint density at radius 1 is 0.933 bits per heavy atom. The zero-order valence-corrected chi connectivity index (χ0v) is 15.4. The van der Waals surface area contributed by atoms with Gasteiger partial charge in [0.25, 0.3) is 11.8 Å². The molecule has 1 saturated heterocycles. The van der Waals surface area contributed by atoms with Crippen LogP contribution in [0.3, 0.4) is 0 Å². The molecule has 0 spiro atoms. The number of hydrogen-bond acceptors (Lipinski definition) is 4. The molecule has 1 fully saturated rings. The third-order valence-corrected chi connectivity index (χ3v) is 4.91. The van der Waals surface area contributed by atoms with Crippen molar-refractivity contribution in [1.82, 2.24) is 10.1 Å². The third-order valence-electron chi connectivity index (χ3n) is 4.91. The molecule has 0 aliphatic carbocycles. The third kappa shape index (κ3) is 4.12. The Balaban J connectivity index is 1.66. The Morgan fingerprint density at radius 3 is 2.20 bits per heavy atom. The maximum atomic E-state index is 13.7. The normalized spacial score (nSPS) is 16.7. The minimum atomic E-state index is -4.70. The fourth-order valence-corrected chi connectivity index (χ4v) is 3.30. The van der Waals surface area contributed by atoms with Crippen LogP contribution < -0.4 is 4.90 Å². The average Bonchev–Trinajstić information content (AvgIpc) is 3.18. The van der Waals surface area contributed by atoms with E-state index in [1.54, 1.807) is 0 Å². The molecule has 0 unspecified atom stereocenters. The van der Waals surface area contributed by atoms with Crippen LogP contribution in [0.2, 0.25) is 0 Å². The molecule has 0 amide bonds. The Labute approximate surface area is 167 Å². The van der Waals surface area contributed by atoms with Gasteiger partial charge in [-0.05, 0) is 42.5 Å². The molecule has 4 nitrogen and oxygen atoms in total. The topological polar surface area (TPSA) is 42.2 Å². The monoisotopic (exact) mass is 427 g/mol. The number of nitrogens with zero attached hydrogens (tertiary/aromatic N) is 3. The first-order valence-corrected chi connectivity index (χ1v) is 9.06. The van der Waals surface area contributed by atoms with E-state index in [0.717, 1.165) is 6.07 Å². The van der Waals surface area contributed by atoms with Gasteiger partial charge in [0, 0.05) is 42.7 Å². The first-order chi connectivity index (χ1) is 14.1. The van der Waals surface area contributed by atoms with Crippen LogP contribution in [0, 0.1) is 5.82 Å². The van der Waals surface area contributed by atoms with E-state index in [4.69, 9.17) is 4.52 Å². The molecule has 0 bridgehead atoms. The molecule has 158 valence electrons. The molecule has 2 heterocycles. The molecule has 0 atom stereocenters. The van der Waals surface area contributed by atoms with E-state index in [1.807, 2.05) is 0 Å². The predicted molar refractivity (Wildman–Crippen MR) is 96.5 cm³/mol. The van der Waals surface area contributed by atoms with Crippen molar-refractivity contribution >= 4 is 5.69 Å². The van der Waals surface area contributed by atoms with Crippen molar-refractivity contribution in [1.29, 1.82) is 0 Å². The molecule has 0 saturated carbocycles. The van der Waals surface area contributed by atoms with Crippen molar-refractivity contribution in [3.63, 3.8) is 0 Å². The molecule has 1 aliphatic heterocycles. The lowest BCUT2D eigenvalue weighted by atomic mass is 10.0. The van der Waals surface area contributed by atoms with Gasteiger partial charge < -0.3 is 9.42 Å². The maximum absolute atomic E-state index is 13.7. The van der Waals surface area contributed by atoms with Crippen molar-refractivity contribution in [2.75, 3.05) is 18.0 Å². The lowest BCUT2D eigenvalue weighted by Gasteiger charge is -2.34. The van der Waals surface area contributed by atoms with Gasteiger partial charge in [0.1, 0.15) is 5.82 Å². The summed E-state index contributed by atoms with van der Waals surface area (Å²) >= 11 is 0. The van der Waals surface area contributed by atoms with Crippen LogP contribution in [-0.2, 0) is 6.18 Å². The molecule has 0 N–H and O–H groups in total. The minimum absolute atomic E-state index is 0.0286. The Bertz CT molecular complexity index is 1040. The van der Waals surface area contributed by atoms with Crippen molar-refractivity contribution in [2.24, 2.45) is 0 Å². The number of hydrogen-bond donors (Lipinski definition) is 0. The molecular weight excluding hydrogens is 412 g/mol. The summed E-state index contributed by atoms with van der Waals surface area (Å²) in [5.41, 5.74) is -0.648. The van der Waals surface area contributed by atoms with Gasteiger partial charge in [0.2, 0.25) is 5.82 Å². The SMILES string of the molecule is Fc1ccc(-c2nc(-c3ccc(N4CCC(F)(F)CC4)c(C(F)(F)F)c3)no2)cc1. The lowest BCUT2D eigenvalue weighted by Crippen LogP contribution is -2.40. The summed E-state index contributed by atoms with van der Waals surface area (Å²) < 4.78 is 85.9. The summed E-state index contributed by atoms with van der Waals surface area (Å²) in [6.07, 6.45) is -5.70. The van der Waals surface area contributed by atoms with E-state index >= 15 is 0 Å². The summed E-state index contributed by atoms with van der Waals surface area (Å²) in [5, 5.41) is 3.71. The smallest absolute Gasteiger partial charge is 0.371 e. The summed E-state index contributed by atoms with van der Waals surface area (Å²) in [5.74, 6) is -3.37. The van der Waals surface area contributed by atoms with Gasteiger partial charge in [-0.25, -0.2) is 13.2 Å². The van der Waals surface area contributed by atoms with Crippen molar-refractivity contribution < 1.29 is 30.9 Å². The van der Waals surface area contributed by atoms with Crippen LogP contribution in [0.15, 0.2) is 47.0 Å². The molecule has 3 aromatic rings. The zero-order chi connectivity index (χ0) is 21.5. The number of alkyl halides is 5. The highest BCUT2D eigenvalue weighted by Crippen LogP contribution is 2.41. The Hall–Kier alpha value is -3.04. The molecule has 1 aliphatic rings. The van der Waals surface area contributed by atoms with Crippen LogP contribution >= 0.6 is 0 Å². The number of halogens is 6. The molecular formula is C20H15F6N3O. The number of rotatable bonds is 3. The second-order valence-corrected chi connectivity index (χ2v) is 7.00. The second-order valence-electron chi connectivity index (χ2n) is 7.00. The van der Waals surface area contributed by atoms with Gasteiger partial charge in [0.05, 0.1) is 5.56 Å². The predicted octanol–water partition coefficient (Wildman–Crippen LogP) is 5.80. The average molecular weight is 427 g/mol. The van der Waals surface area contributed by atoms with Crippen LogP contribution in [0.4, 0.5) is 32.0 Å². The fraction of sp³-hybridized carbons (Fsp3) is 0.300. The van der Waals surface area contributed by atoms with E-state index in [-0.39, 0.29) is 36.1 Å². The number of aromatic nitrogens is 2. The zero-order valence-electron chi connectivity index (χ0n) is 15.4. The van der Waals surface area contributed by atoms with Crippen LogP contribution in [0.1, 0.15) is 18.4 Å². The summed E-state index contributed by atoms with van der Waals surface area (Å²) in [7, 11) is 0. The number of anilines is 1. The highest BCUT2D eigenvalue weighted by Gasteiger charge is 2.39. The van der Waals surface area contributed by atoms with E-state index in [1.165, 1.54) is 41.3 Å². The van der Waals surface area contributed by atoms with Gasteiger partial charge >= 0.3 is 6.18 Å². The minimum Gasteiger partial charge on any atom is -0.371 e. The first-order valence-electron chi connectivity index (χ1n) is 9.06. The number of piperidine rings is 1. The highest BCUT2D eigenvalue weighted by molar-refractivity contribution is 5.67. The van der Waals surface area contributed by atoms with Gasteiger partial charge in [-0.15, -0.1) is 0 Å². The van der Waals surface area contributed by atoms with E-state index in [0.29, 0.717) is 5.56 Å². The van der Waals surface area contributed by atoms with E-state index in [2.05, 4.69) is 10.1 Å². The largest absolute Gasteiger partial charge is 0.418 e. The maximum Gasteiger partial charge on any atom is 0.418 e. The quantitative estimate of drug-likeness (QED) is 0.496. The molecule has 10 heteroatoms. The van der Waals surface area contributed by atoms with Crippen LogP contribution in [0.5, 0.6) is 0 Å². The Morgan fingerprint density at radius 2 is 1.57 bits per heavy atom. The van der Waals surface area contributed by atoms with Gasteiger partial charge in [-0.3, -0.25) is 0 Å². The summed E-state index contributed by atoms with van der Waals surface area (Å²) in [4.78, 5) is 5.39. The summed E-state index contributed by atoms with van der Waals surface area (Å²) in [6.45, 7) is -0.349. The van der Waals surface area contributed by atoms with Crippen LogP contribution in [0.25, 0.3) is 22.8 Å². The van der Waals surface area contributed by atoms with Crippen molar-refractivity contribution in [2.45, 2.75) is 24.9 Å². The highest BCUT2D eigenvalue weighted by atomic mass is 19.4. The fourth-order valence-electron chi connectivity index (χ4n) is 3.30.